The maximum absolute atomic E-state index is 14.1. The van der Waals surface area contributed by atoms with Crippen LogP contribution in [0.5, 0.6) is 0 Å². The Bertz CT molecular complexity index is 968. The quantitative estimate of drug-likeness (QED) is 0.257. The van der Waals surface area contributed by atoms with Gasteiger partial charge in [0, 0.05) is 24.4 Å². The lowest BCUT2D eigenvalue weighted by Crippen LogP contribution is -2.48. The summed E-state index contributed by atoms with van der Waals surface area (Å²) in [4.78, 5) is 28.9. The molecule has 0 radical (unpaired) electrons. The molecule has 2 unspecified atom stereocenters. The molecule has 1 aliphatic heterocycles. The van der Waals surface area contributed by atoms with E-state index < -0.39 is 11.9 Å². The van der Waals surface area contributed by atoms with Gasteiger partial charge in [0.25, 0.3) is 0 Å². The van der Waals surface area contributed by atoms with Crippen LogP contribution in [0, 0.1) is 11.3 Å². The molecule has 1 saturated heterocycles. The van der Waals surface area contributed by atoms with E-state index in [4.69, 9.17) is 21.9 Å². The summed E-state index contributed by atoms with van der Waals surface area (Å²) in [5, 5.41) is 6.07. The molecule has 0 aromatic heterocycles. The van der Waals surface area contributed by atoms with Crippen LogP contribution < -0.4 is 5.32 Å². The summed E-state index contributed by atoms with van der Waals surface area (Å²) < 4.78 is 19.6. The summed E-state index contributed by atoms with van der Waals surface area (Å²) in [6.07, 6.45) is 4.37. The van der Waals surface area contributed by atoms with Crippen LogP contribution in [0.1, 0.15) is 32.3 Å². The second-order valence-electron chi connectivity index (χ2n) is 8.02. The van der Waals surface area contributed by atoms with E-state index in [0.717, 1.165) is 0 Å². The Morgan fingerprint density at radius 2 is 2.24 bits per heavy atom. The molecule has 2 atom stereocenters. The van der Waals surface area contributed by atoms with Crippen molar-refractivity contribution in [2.24, 2.45) is 5.11 Å². The minimum absolute atomic E-state index is 0.00949. The molecule has 8 nitrogen and oxygen atoms in total. The highest BCUT2D eigenvalue weighted by atomic mass is 35.5. The molecule has 184 valence electrons. The Morgan fingerprint density at radius 3 is 2.91 bits per heavy atom. The minimum atomic E-state index is -0.634. The molecule has 2 rings (SSSR count). The average Bonchev–Trinajstić information content (AvgIpc) is 3.31. The van der Waals surface area contributed by atoms with Gasteiger partial charge < -0.3 is 19.9 Å². The molecule has 2 amide bonds. The van der Waals surface area contributed by atoms with Crippen molar-refractivity contribution in [3.05, 3.63) is 71.5 Å². The number of hydrogen-bond acceptors (Lipinski definition) is 6. The Morgan fingerprint density at radius 1 is 1.50 bits per heavy atom. The van der Waals surface area contributed by atoms with E-state index in [0.29, 0.717) is 30.8 Å². The van der Waals surface area contributed by atoms with Gasteiger partial charge in [-0.3, -0.25) is 9.59 Å². The van der Waals surface area contributed by atoms with Crippen LogP contribution in [0.2, 0.25) is 5.02 Å². The molecule has 10 heteroatoms. The van der Waals surface area contributed by atoms with Crippen molar-refractivity contribution in [3.8, 4) is 0 Å². The van der Waals surface area contributed by atoms with Crippen LogP contribution in [0.15, 0.2) is 60.2 Å². The molecule has 2 N–H and O–H groups in total. The first-order chi connectivity index (χ1) is 16.2. The fourth-order valence-corrected chi connectivity index (χ4v) is 3.69. The van der Waals surface area contributed by atoms with E-state index in [1.54, 1.807) is 37.0 Å². The number of likely N-dealkylation sites (tertiary alicyclic amines) is 1. The molecule has 1 aromatic rings. The highest BCUT2D eigenvalue weighted by molar-refractivity contribution is 6.30. The van der Waals surface area contributed by atoms with E-state index in [9.17, 15) is 14.0 Å². The van der Waals surface area contributed by atoms with Crippen LogP contribution >= 0.6 is 11.6 Å². The number of benzene rings is 1. The third kappa shape index (κ3) is 7.41. The average molecular weight is 492 g/mol. The van der Waals surface area contributed by atoms with Gasteiger partial charge in [-0.05, 0) is 45.0 Å². The SMILES string of the molecule is C=CN(CC(=O)N1CCCC1C(=O)NCc1cccc(Cl)c1F)C(=C)C=C(C)OCC(C)N=N. The first-order valence-electron chi connectivity index (χ1n) is 10.9. The highest BCUT2D eigenvalue weighted by Crippen LogP contribution is 2.21. The van der Waals surface area contributed by atoms with Crippen molar-refractivity contribution < 1.29 is 18.7 Å². The lowest BCUT2D eigenvalue weighted by molar-refractivity contribution is -0.138. The predicted molar refractivity (Wildman–Crippen MR) is 128 cm³/mol. The van der Waals surface area contributed by atoms with Gasteiger partial charge in [0.15, 0.2) is 0 Å². The molecule has 0 bridgehead atoms. The molecule has 0 aliphatic carbocycles. The number of nitrogens with zero attached hydrogens (tertiary/aromatic N) is 3. The van der Waals surface area contributed by atoms with Gasteiger partial charge >= 0.3 is 0 Å². The number of nitrogens with one attached hydrogen (secondary N) is 2. The first kappa shape index (κ1) is 27.0. The van der Waals surface area contributed by atoms with Gasteiger partial charge in [-0.25, -0.2) is 9.92 Å². The number of allylic oxidation sites excluding steroid dienone is 2. The summed E-state index contributed by atoms with van der Waals surface area (Å²) in [7, 11) is 0. The molecule has 1 fully saturated rings. The Kier molecular flexibility index (Phi) is 10.2. The van der Waals surface area contributed by atoms with Crippen LogP contribution in [0.3, 0.4) is 0 Å². The molecular formula is C24H31ClFN5O3. The Labute approximate surface area is 204 Å². The summed E-state index contributed by atoms with van der Waals surface area (Å²) >= 11 is 5.79. The van der Waals surface area contributed by atoms with Crippen molar-refractivity contribution in [2.45, 2.75) is 45.3 Å². The van der Waals surface area contributed by atoms with E-state index in [2.05, 4.69) is 23.6 Å². The fraction of sp³-hybridized carbons (Fsp3) is 0.417. The topological polar surface area (TPSA) is 98.1 Å². The molecule has 0 spiro atoms. The van der Waals surface area contributed by atoms with Gasteiger partial charge in [0.2, 0.25) is 11.8 Å². The number of rotatable bonds is 12. The van der Waals surface area contributed by atoms with Crippen molar-refractivity contribution >= 4 is 23.4 Å². The van der Waals surface area contributed by atoms with Crippen molar-refractivity contribution in [1.29, 1.82) is 5.53 Å². The normalized spacial score (nSPS) is 16.5. The lowest BCUT2D eigenvalue weighted by Gasteiger charge is -2.28. The zero-order valence-electron chi connectivity index (χ0n) is 19.5. The zero-order valence-corrected chi connectivity index (χ0v) is 20.3. The van der Waals surface area contributed by atoms with Crippen LogP contribution in [-0.2, 0) is 20.9 Å². The molecule has 1 aliphatic rings. The summed E-state index contributed by atoms with van der Waals surface area (Å²) in [6, 6.07) is 3.71. The van der Waals surface area contributed by atoms with Gasteiger partial charge in [-0.2, -0.15) is 5.11 Å². The minimum Gasteiger partial charge on any atom is -0.496 e. The molecule has 1 heterocycles. The highest BCUT2D eigenvalue weighted by Gasteiger charge is 2.34. The molecule has 1 aromatic carbocycles. The van der Waals surface area contributed by atoms with Crippen molar-refractivity contribution in [3.63, 3.8) is 0 Å². The second kappa shape index (κ2) is 12.9. The number of carbonyl (C=O) groups is 2. The van der Waals surface area contributed by atoms with E-state index in [-0.39, 0.29) is 48.1 Å². The smallest absolute Gasteiger partial charge is 0.243 e. The van der Waals surface area contributed by atoms with Crippen LogP contribution in [0.25, 0.3) is 0 Å². The zero-order chi connectivity index (χ0) is 25.3. The number of ether oxygens (including phenoxy) is 1. The number of halogens is 2. The van der Waals surface area contributed by atoms with Crippen molar-refractivity contribution in [1.82, 2.24) is 15.1 Å². The van der Waals surface area contributed by atoms with E-state index in [1.807, 2.05) is 0 Å². The van der Waals surface area contributed by atoms with E-state index >= 15 is 0 Å². The van der Waals surface area contributed by atoms with Crippen LogP contribution in [-0.4, -0.2) is 53.4 Å². The van der Waals surface area contributed by atoms with Gasteiger partial charge in [-0.15, -0.1) is 0 Å². The standard InChI is InChI=1S/C24H31ClFN5O3/c1-5-30(17(3)12-18(4)34-15-16(2)29-27)14-22(32)31-11-7-10-21(31)24(33)28-13-19-8-6-9-20(25)23(19)26/h5-6,8-9,12,16,21,27H,1,3,7,10-11,13-15H2,2,4H3,(H,28,33). The number of carbonyl (C=O) groups excluding carboxylic acids is 2. The Hall–Kier alpha value is -3.20. The van der Waals surface area contributed by atoms with Gasteiger partial charge in [0.1, 0.15) is 31.1 Å². The van der Waals surface area contributed by atoms with Gasteiger partial charge in [0.05, 0.1) is 10.8 Å². The lowest BCUT2D eigenvalue weighted by atomic mass is 10.1. The molecular weight excluding hydrogens is 461 g/mol. The van der Waals surface area contributed by atoms with Crippen molar-refractivity contribution in [2.75, 3.05) is 19.7 Å². The maximum atomic E-state index is 14.1. The Balaban J connectivity index is 1.96. The monoisotopic (exact) mass is 491 g/mol. The predicted octanol–water partition coefficient (Wildman–Crippen LogP) is 4.39. The summed E-state index contributed by atoms with van der Waals surface area (Å²) in [5.41, 5.74) is 7.75. The fourth-order valence-electron chi connectivity index (χ4n) is 3.49. The largest absolute Gasteiger partial charge is 0.496 e. The number of amides is 2. The summed E-state index contributed by atoms with van der Waals surface area (Å²) in [5.74, 6) is -0.597. The third-order valence-corrected chi connectivity index (χ3v) is 5.69. The number of hydrogen-bond donors (Lipinski definition) is 2. The molecule has 0 saturated carbocycles. The van der Waals surface area contributed by atoms with Crippen LogP contribution in [0.4, 0.5) is 4.39 Å². The maximum Gasteiger partial charge on any atom is 0.243 e. The first-order valence-corrected chi connectivity index (χ1v) is 11.3. The van der Waals surface area contributed by atoms with E-state index in [1.165, 1.54) is 17.2 Å². The van der Waals surface area contributed by atoms with Gasteiger partial charge in [-0.1, -0.05) is 36.9 Å². The second-order valence-corrected chi connectivity index (χ2v) is 8.43. The third-order valence-electron chi connectivity index (χ3n) is 5.40. The molecule has 34 heavy (non-hydrogen) atoms. The summed E-state index contributed by atoms with van der Waals surface area (Å²) in [6.45, 7) is 11.9.